The second-order valence-corrected chi connectivity index (χ2v) is 5.70. The molecule has 0 aliphatic heterocycles. The van der Waals surface area contributed by atoms with E-state index in [9.17, 15) is 4.39 Å². The maximum absolute atomic E-state index is 13.0. The Labute approximate surface area is 111 Å². The highest BCUT2D eigenvalue weighted by Crippen LogP contribution is 2.24. The summed E-state index contributed by atoms with van der Waals surface area (Å²) in [5.74, 6) is 0.928. The molecule has 1 aromatic carbocycles. The lowest BCUT2D eigenvalue weighted by Gasteiger charge is -2.30. The van der Waals surface area contributed by atoms with E-state index in [1.54, 1.807) is 12.1 Å². The first-order chi connectivity index (χ1) is 8.45. The van der Waals surface area contributed by atoms with Crippen LogP contribution in [-0.4, -0.2) is 6.04 Å². The topological polar surface area (TPSA) is 12.0 Å². The maximum Gasteiger partial charge on any atom is 0.123 e. The molecule has 2 atom stereocenters. The molecule has 1 N–H and O–H groups in total. The summed E-state index contributed by atoms with van der Waals surface area (Å²) < 4.78 is 13.0. The first-order valence-electron chi connectivity index (χ1n) is 6.97. The van der Waals surface area contributed by atoms with Crippen LogP contribution in [0.25, 0.3) is 0 Å². The molecule has 1 nitrogen and oxygen atoms in total. The van der Waals surface area contributed by atoms with Gasteiger partial charge in [0.05, 0.1) is 0 Å². The summed E-state index contributed by atoms with van der Waals surface area (Å²) >= 11 is 0. The Bertz CT molecular complexity index is 343. The van der Waals surface area contributed by atoms with Gasteiger partial charge < -0.3 is 5.32 Å². The van der Waals surface area contributed by atoms with Gasteiger partial charge in [-0.15, -0.1) is 0 Å². The smallest absolute Gasteiger partial charge is 0.123 e. The van der Waals surface area contributed by atoms with Gasteiger partial charge >= 0.3 is 0 Å². The third kappa shape index (κ3) is 4.09. The predicted molar refractivity (Wildman–Crippen MR) is 76.0 cm³/mol. The van der Waals surface area contributed by atoms with E-state index in [0.717, 1.165) is 6.42 Å². The minimum absolute atomic E-state index is 0.169. The lowest BCUT2D eigenvalue weighted by molar-refractivity contribution is 0.302. The van der Waals surface area contributed by atoms with Crippen molar-refractivity contribution in [3.05, 3.63) is 35.6 Å². The fourth-order valence-corrected chi connectivity index (χ4v) is 2.36. The Hall–Kier alpha value is -0.890. The molecule has 0 aromatic heterocycles. The Morgan fingerprint density at radius 2 is 1.56 bits per heavy atom. The van der Waals surface area contributed by atoms with E-state index in [2.05, 4.69) is 39.9 Å². The molecule has 2 heteroatoms. The third-order valence-electron chi connectivity index (χ3n) is 3.53. The van der Waals surface area contributed by atoms with Crippen molar-refractivity contribution >= 4 is 0 Å². The van der Waals surface area contributed by atoms with Crippen molar-refractivity contribution in [1.82, 2.24) is 5.32 Å². The molecular formula is C16H26FN. The number of benzene rings is 1. The van der Waals surface area contributed by atoms with Crippen molar-refractivity contribution in [3.63, 3.8) is 0 Å². The van der Waals surface area contributed by atoms with E-state index >= 15 is 0 Å². The Kier molecular flexibility index (Phi) is 5.80. The SMILES string of the molecule is CCC(NC(c1ccc(F)cc1)C(C)C)C(C)C. The van der Waals surface area contributed by atoms with Crippen molar-refractivity contribution in [2.24, 2.45) is 11.8 Å². The number of rotatable bonds is 6. The van der Waals surface area contributed by atoms with Gasteiger partial charge in [0.2, 0.25) is 0 Å². The molecule has 0 aliphatic carbocycles. The number of halogens is 1. The van der Waals surface area contributed by atoms with Gasteiger partial charge in [0.15, 0.2) is 0 Å². The Morgan fingerprint density at radius 3 is 1.94 bits per heavy atom. The zero-order valence-electron chi connectivity index (χ0n) is 12.2. The van der Waals surface area contributed by atoms with E-state index in [1.165, 1.54) is 5.56 Å². The molecule has 0 aliphatic rings. The molecule has 0 fully saturated rings. The highest BCUT2D eigenvalue weighted by Gasteiger charge is 2.20. The second-order valence-electron chi connectivity index (χ2n) is 5.70. The van der Waals surface area contributed by atoms with E-state index in [0.29, 0.717) is 17.9 Å². The summed E-state index contributed by atoms with van der Waals surface area (Å²) in [5, 5.41) is 3.72. The van der Waals surface area contributed by atoms with Crippen LogP contribution in [0.5, 0.6) is 0 Å². The van der Waals surface area contributed by atoms with Crippen LogP contribution in [0.15, 0.2) is 24.3 Å². The van der Waals surface area contributed by atoms with Crippen molar-refractivity contribution in [3.8, 4) is 0 Å². The molecule has 102 valence electrons. The number of hydrogen-bond acceptors (Lipinski definition) is 1. The van der Waals surface area contributed by atoms with Crippen LogP contribution in [0.4, 0.5) is 4.39 Å². The normalized spacial score (nSPS) is 15.1. The molecular weight excluding hydrogens is 225 g/mol. The molecule has 1 aromatic rings. The quantitative estimate of drug-likeness (QED) is 0.782. The first kappa shape index (κ1) is 15.2. The summed E-state index contributed by atoms with van der Waals surface area (Å²) in [6, 6.07) is 7.66. The van der Waals surface area contributed by atoms with Crippen LogP contribution in [0.1, 0.15) is 52.6 Å². The zero-order valence-corrected chi connectivity index (χ0v) is 12.2. The highest BCUT2D eigenvalue weighted by molar-refractivity contribution is 5.20. The lowest BCUT2D eigenvalue weighted by atomic mass is 9.92. The van der Waals surface area contributed by atoms with E-state index in [-0.39, 0.29) is 11.9 Å². The second kappa shape index (κ2) is 6.89. The third-order valence-corrected chi connectivity index (χ3v) is 3.53. The molecule has 0 bridgehead atoms. The average Bonchev–Trinajstić information content (AvgIpc) is 2.31. The molecule has 0 radical (unpaired) electrons. The van der Waals surface area contributed by atoms with E-state index in [1.807, 2.05) is 12.1 Å². The van der Waals surface area contributed by atoms with E-state index in [4.69, 9.17) is 0 Å². The van der Waals surface area contributed by atoms with Crippen LogP contribution in [0.2, 0.25) is 0 Å². The van der Waals surface area contributed by atoms with Crippen LogP contribution < -0.4 is 5.32 Å². The highest BCUT2D eigenvalue weighted by atomic mass is 19.1. The molecule has 0 saturated heterocycles. The van der Waals surface area contributed by atoms with Crippen LogP contribution in [0, 0.1) is 17.7 Å². The Morgan fingerprint density at radius 1 is 1.00 bits per heavy atom. The van der Waals surface area contributed by atoms with Crippen LogP contribution in [-0.2, 0) is 0 Å². The fourth-order valence-electron chi connectivity index (χ4n) is 2.36. The predicted octanol–water partition coefficient (Wildman–Crippen LogP) is 4.55. The standard InChI is InChI=1S/C16H26FN/c1-6-15(11(2)3)18-16(12(4)5)13-7-9-14(17)10-8-13/h7-12,15-16,18H,6H2,1-5H3. The summed E-state index contributed by atoms with van der Waals surface area (Å²) in [7, 11) is 0. The maximum atomic E-state index is 13.0. The van der Waals surface area contributed by atoms with E-state index < -0.39 is 0 Å². The summed E-state index contributed by atoms with van der Waals surface area (Å²) in [6.45, 7) is 11.1. The van der Waals surface area contributed by atoms with Gasteiger partial charge in [0.1, 0.15) is 5.82 Å². The number of hydrogen-bond donors (Lipinski definition) is 1. The molecule has 1 rings (SSSR count). The zero-order chi connectivity index (χ0) is 13.7. The largest absolute Gasteiger partial charge is 0.307 e. The van der Waals surface area contributed by atoms with Crippen molar-refractivity contribution in [2.45, 2.75) is 53.1 Å². The molecule has 0 heterocycles. The van der Waals surface area contributed by atoms with Gasteiger partial charge in [0, 0.05) is 12.1 Å². The first-order valence-corrected chi connectivity index (χ1v) is 6.97. The fraction of sp³-hybridized carbons (Fsp3) is 0.625. The van der Waals surface area contributed by atoms with Gasteiger partial charge in [-0.3, -0.25) is 0 Å². The molecule has 0 spiro atoms. The summed E-state index contributed by atoms with van der Waals surface area (Å²) in [6.07, 6.45) is 1.11. The lowest BCUT2D eigenvalue weighted by Crippen LogP contribution is -2.38. The minimum atomic E-state index is -0.169. The number of nitrogens with one attached hydrogen (secondary N) is 1. The molecule has 2 unspecified atom stereocenters. The van der Waals surface area contributed by atoms with Crippen LogP contribution in [0.3, 0.4) is 0 Å². The van der Waals surface area contributed by atoms with Gasteiger partial charge in [0.25, 0.3) is 0 Å². The van der Waals surface area contributed by atoms with Crippen LogP contribution >= 0.6 is 0 Å². The van der Waals surface area contributed by atoms with Gasteiger partial charge in [-0.1, -0.05) is 46.8 Å². The molecule has 0 saturated carbocycles. The average molecular weight is 251 g/mol. The summed E-state index contributed by atoms with van der Waals surface area (Å²) in [4.78, 5) is 0. The monoisotopic (exact) mass is 251 g/mol. The van der Waals surface area contributed by atoms with Crippen molar-refractivity contribution in [1.29, 1.82) is 0 Å². The van der Waals surface area contributed by atoms with Gasteiger partial charge in [-0.05, 0) is 36.0 Å². The molecule has 0 amide bonds. The summed E-state index contributed by atoms with van der Waals surface area (Å²) in [5.41, 5.74) is 1.17. The Balaban J connectivity index is 2.86. The minimum Gasteiger partial charge on any atom is -0.307 e. The van der Waals surface area contributed by atoms with Crippen molar-refractivity contribution in [2.75, 3.05) is 0 Å². The van der Waals surface area contributed by atoms with Gasteiger partial charge in [-0.2, -0.15) is 0 Å². The van der Waals surface area contributed by atoms with Crippen molar-refractivity contribution < 1.29 is 4.39 Å². The molecule has 18 heavy (non-hydrogen) atoms. The van der Waals surface area contributed by atoms with Gasteiger partial charge in [-0.25, -0.2) is 4.39 Å².